The van der Waals surface area contributed by atoms with Gasteiger partial charge in [-0.1, -0.05) is 56.3 Å². The first-order valence-corrected chi connectivity index (χ1v) is 12.1. The summed E-state index contributed by atoms with van der Waals surface area (Å²) in [4.78, 5) is 5.01. The van der Waals surface area contributed by atoms with Crippen molar-refractivity contribution in [3.8, 4) is 0 Å². The Morgan fingerprint density at radius 1 is 0.931 bits per heavy atom. The van der Waals surface area contributed by atoms with Crippen LogP contribution in [0.1, 0.15) is 44.7 Å². The van der Waals surface area contributed by atoms with Gasteiger partial charge in [0.25, 0.3) is 0 Å². The lowest BCUT2D eigenvalue weighted by molar-refractivity contribution is 0.389. The fourth-order valence-electron chi connectivity index (χ4n) is 3.41. The van der Waals surface area contributed by atoms with Crippen LogP contribution in [0.15, 0.2) is 64.5 Å². The van der Waals surface area contributed by atoms with Crippen molar-refractivity contribution in [1.82, 2.24) is 10.6 Å². The highest BCUT2D eigenvalue weighted by Crippen LogP contribution is 2.30. The first kappa shape index (κ1) is 22.9. The summed E-state index contributed by atoms with van der Waals surface area (Å²) in [6, 6.07) is 17.5. The largest absolute Gasteiger partial charge is 0.357 e. The fraction of sp³-hybridized carbons (Fsp3) is 0.435. The molecular formula is C23H33N3O2S. The second kappa shape index (κ2) is 10.4. The molecule has 2 N–H and O–H groups in total. The Morgan fingerprint density at radius 3 is 2.07 bits per heavy atom. The predicted octanol–water partition coefficient (Wildman–Crippen LogP) is 3.90. The van der Waals surface area contributed by atoms with E-state index >= 15 is 0 Å². The van der Waals surface area contributed by atoms with Crippen molar-refractivity contribution in [1.29, 1.82) is 0 Å². The average molecular weight is 416 g/mol. The molecule has 2 rings (SSSR count). The van der Waals surface area contributed by atoms with Gasteiger partial charge in [0.05, 0.1) is 11.4 Å². The van der Waals surface area contributed by atoms with Gasteiger partial charge in [0.2, 0.25) is 0 Å². The molecule has 0 amide bonds. The van der Waals surface area contributed by atoms with Crippen LogP contribution < -0.4 is 10.6 Å². The summed E-state index contributed by atoms with van der Waals surface area (Å²) < 4.78 is 23.2. The summed E-state index contributed by atoms with van der Waals surface area (Å²) in [5.74, 6) is 0.766. The summed E-state index contributed by atoms with van der Waals surface area (Å²) in [5.41, 5.74) is 2.36. The van der Waals surface area contributed by atoms with E-state index in [1.165, 1.54) is 11.8 Å². The molecular weight excluding hydrogens is 382 g/mol. The first-order chi connectivity index (χ1) is 13.8. The number of guanidine groups is 1. The van der Waals surface area contributed by atoms with E-state index in [2.05, 4.69) is 53.7 Å². The van der Waals surface area contributed by atoms with Gasteiger partial charge in [-0.2, -0.15) is 0 Å². The van der Waals surface area contributed by atoms with E-state index in [1.807, 2.05) is 25.1 Å². The number of sulfone groups is 1. The number of nitrogens with zero attached hydrogens (tertiary/aromatic N) is 1. The lowest BCUT2D eigenvalue weighted by Crippen LogP contribution is -2.45. The number of benzene rings is 2. The minimum atomic E-state index is -3.18. The molecule has 0 aromatic heterocycles. The van der Waals surface area contributed by atoms with Crippen molar-refractivity contribution in [2.75, 3.05) is 19.3 Å². The Labute approximate surface area is 175 Å². The summed E-state index contributed by atoms with van der Waals surface area (Å²) in [6.07, 6.45) is 3.29. The van der Waals surface area contributed by atoms with Gasteiger partial charge in [-0.3, -0.25) is 0 Å². The maximum Gasteiger partial charge on any atom is 0.191 e. The Kier molecular flexibility index (Phi) is 8.26. The number of nitrogens with one attached hydrogen (secondary N) is 2. The zero-order chi connectivity index (χ0) is 21.3. The lowest BCUT2D eigenvalue weighted by atomic mass is 9.76. The standard InChI is InChI=1S/C23H33N3O2S/c1-5-23(6-2,20-11-9-8-10-12-20)18-26-22(24-7-3)25-17-19-13-15-21(16-14-19)29(4,27)28/h8-16H,5-7,17-18H2,1-4H3,(H2,24,25,26). The molecule has 0 aliphatic carbocycles. The van der Waals surface area contributed by atoms with Gasteiger partial charge >= 0.3 is 0 Å². The maximum absolute atomic E-state index is 11.6. The maximum atomic E-state index is 11.6. The van der Waals surface area contributed by atoms with E-state index in [0.717, 1.165) is 37.5 Å². The van der Waals surface area contributed by atoms with E-state index in [0.29, 0.717) is 11.4 Å². The van der Waals surface area contributed by atoms with Crippen LogP contribution in [-0.2, 0) is 21.8 Å². The van der Waals surface area contributed by atoms with Crippen LogP contribution in [0.5, 0.6) is 0 Å². The quantitative estimate of drug-likeness (QED) is 0.481. The molecule has 0 aliphatic rings. The summed E-state index contributed by atoms with van der Waals surface area (Å²) in [6.45, 7) is 8.55. The molecule has 0 radical (unpaired) electrons. The smallest absolute Gasteiger partial charge is 0.191 e. The summed E-state index contributed by atoms with van der Waals surface area (Å²) >= 11 is 0. The van der Waals surface area contributed by atoms with Gasteiger partial charge in [0.15, 0.2) is 15.8 Å². The number of aliphatic imine (C=N–C) groups is 1. The monoisotopic (exact) mass is 415 g/mol. The van der Waals surface area contributed by atoms with Crippen molar-refractivity contribution >= 4 is 15.8 Å². The third-order valence-electron chi connectivity index (χ3n) is 5.45. The Bertz CT molecular complexity index is 887. The SMILES string of the molecule is CCNC(=NCc1ccc(S(C)(=O)=O)cc1)NCC(CC)(CC)c1ccccc1. The molecule has 0 atom stereocenters. The summed E-state index contributed by atoms with van der Waals surface area (Å²) in [5, 5.41) is 6.81. The molecule has 5 nitrogen and oxygen atoms in total. The van der Waals surface area contributed by atoms with Crippen LogP contribution in [0, 0.1) is 0 Å². The highest BCUT2D eigenvalue weighted by atomic mass is 32.2. The van der Waals surface area contributed by atoms with Gasteiger partial charge in [-0.05, 0) is 43.0 Å². The molecule has 0 heterocycles. The molecule has 29 heavy (non-hydrogen) atoms. The van der Waals surface area contributed by atoms with Crippen LogP contribution >= 0.6 is 0 Å². The molecule has 2 aromatic rings. The molecule has 0 spiro atoms. The van der Waals surface area contributed by atoms with Gasteiger partial charge in [-0.25, -0.2) is 13.4 Å². The normalized spacial score (nSPS) is 12.6. The van der Waals surface area contributed by atoms with Gasteiger partial charge < -0.3 is 10.6 Å². The van der Waals surface area contributed by atoms with Crippen molar-refractivity contribution in [3.05, 3.63) is 65.7 Å². The highest BCUT2D eigenvalue weighted by molar-refractivity contribution is 7.90. The van der Waals surface area contributed by atoms with Gasteiger partial charge in [0, 0.05) is 24.8 Å². The predicted molar refractivity (Wildman–Crippen MR) is 121 cm³/mol. The Morgan fingerprint density at radius 2 is 1.55 bits per heavy atom. The topological polar surface area (TPSA) is 70.6 Å². The lowest BCUT2D eigenvalue weighted by Gasteiger charge is -2.33. The molecule has 0 saturated heterocycles. The van der Waals surface area contributed by atoms with Crippen molar-refractivity contribution in [2.24, 2.45) is 4.99 Å². The highest BCUT2D eigenvalue weighted by Gasteiger charge is 2.28. The third kappa shape index (κ3) is 6.32. The summed E-state index contributed by atoms with van der Waals surface area (Å²) in [7, 11) is -3.18. The van der Waals surface area contributed by atoms with Crippen LogP contribution in [0.25, 0.3) is 0 Å². The van der Waals surface area contributed by atoms with E-state index in [4.69, 9.17) is 0 Å². The molecule has 0 fully saturated rings. The van der Waals surface area contributed by atoms with Crippen molar-refractivity contribution in [3.63, 3.8) is 0 Å². The first-order valence-electron chi connectivity index (χ1n) is 10.2. The van der Waals surface area contributed by atoms with E-state index < -0.39 is 9.84 Å². The number of hydrogen-bond acceptors (Lipinski definition) is 3. The van der Waals surface area contributed by atoms with Crippen LogP contribution in [0.4, 0.5) is 0 Å². The Hall–Kier alpha value is -2.34. The van der Waals surface area contributed by atoms with Gasteiger partial charge in [0.1, 0.15) is 0 Å². The molecule has 2 aromatic carbocycles. The van der Waals surface area contributed by atoms with Crippen LogP contribution in [-0.4, -0.2) is 33.7 Å². The van der Waals surface area contributed by atoms with Crippen molar-refractivity contribution in [2.45, 2.75) is 50.5 Å². The molecule has 0 unspecified atom stereocenters. The number of rotatable bonds is 9. The molecule has 6 heteroatoms. The molecule has 0 bridgehead atoms. The van der Waals surface area contributed by atoms with Gasteiger partial charge in [-0.15, -0.1) is 0 Å². The van der Waals surface area contributed by atoms with Crippen LogP contribution in [0.2, 0.25) is 0 Å². The third-order valence-corrected chi connectivity index (χ3v) is 6.58. The van der Waals surface area contributed by atoms with E-state index in [-0.39, 0.29) is 5.41 Å². The second-order valence-electron chi connectivity index (χ2n) is 7.32. The molecule has 0 aliphatic heterocycles. The second-order valence-corrected chi connectivity index (χ2v) is 9.33. The van der Waals surface area contributed by atoms with Crippen LogP contribution in [0.3, 0.4) is 0 Å². The zero-order valence-electron chi connectivity index (χ0n) is 17.9. The Balaban J connectivity index is 2.12. The fourth-order valence-corrected chi connectivity index (χ4v) is 4.04. The molecule has 158 valence electrons. The minimum absolute atomic E-state index is 0.0502. The van der Waals surface area contributed by atoms with E-state index in [9.17, 15) is 8.42 Å². The zero-order valence-corrected chi connectivity index (χ0v) is 18.7. The molecule has 0 saturated carbocycles. The van der Waals surface area contributed by atoms with E-state index in [1.54, 1.807) is 12.1 Å². The number of hydrogen-bond donors (Lipinski definition) is 2. The van der Waals surface area contributed by atoms with Crippen molar-refractivity contribution < 1.29 is 8.42 Å². The minimum Gasteiger partial charge on any atom is -0.357 e. The average Bonchev–Trinajstić information content (AvgIpc) is 2.73.